The number of methoxy groups -OCH3 is 1. The predicted molar refractivity (Wildman–Crippen MR) is 101 cm³/mol. The van der Waals surface area contributed by atoms with Gasteiger partial charge in [0.15, 0.2) is 0 Å². The van der Waals surface area contributed by atoms with Gasteiger partial charge >= 0.3 is 0 Å². The lowest BCUT2D eigenvalue weighted by Crippen LogP contribution is -2.26. The van der Waals surface area contributed by atoms with Gasteiger partial charge in [-0.15, -0.1) is 0 Å². The average molecular weight is 406 g/mol. The number of rotatable bonds is 8. The number of ether oxygens (including phenoxy) is 1. The highest BCUT2D eigenvalue weighted by Gasteiger charge is 2.13. The predicted octanol–water partition coefficient (Wildman–Crippen LogP) is 4.21. The molecule has 0 aliphatic carbocycles. The zero-order chi connectivity index (χ0) is 17.6. The molecule has 2 aromatic carbocycles. The Kier molecular flexibility index (Phi) is 7.25. The Morgan fingerprint density at radius 1 is 1.08 bits per heavy atom. The highest BCUT2D eigenvalue weighted by atomic mass is 35.5. The Hall–Kier alpha value is -0.920. The summed E-state index contributed by atoms with van der Waals surface area (Å²) < 4.78 is 31.9. The number of hydrogen-bond donors (Lipinski definition) is 1. The third kappa shape index (κ3) is 5.57. The Labute approximate surface area is 156 Å². The van der Waals surface area contributed by atoms with E-state index in [0.717, 1.165) is 11.3 Å². The summed E-state index contributed by atoms with van der Waals surface area (Å²) in [6.45, 7) is 0.348. The van der Waals surface area contributed by atoms with Crippen LogP contribution >= 0.6 is 35.0 Å². The van der Waals surface area contributed by atoms with Crippen molar-refractivity contribution in [3.05, 3.63) is 58.1 Å². The molecule has 0 radical (unpaired) electrons. The number of sulfonamides is 1. The average Bonchev–Trinajstić information content (AvgIpc) is 2.57. The molecular weight excluding hydrogens is 389 g/mol. The van der Waals surface area contributed by atoms with Crippen LogP contribution in [0.15, 0.2) is 47.4 Å². The molecule has 130 valence electrons. The van der Waals surface area contributed by atoms with Crippen molar-refractivity contribution < 1.29 is 13.2 Å². The lowest BCUT2D eigenvalue weighted by atomic mass is 10.2. The minimum Gasteiger partial charge on any atom is -0.497 e. The second kappa shape index (κ2) is 8.97. The second-order valence-electron chi connectivity index (χ2n) is 4.87. The minimum absolute atomic E-state index is 0.220. The molecule has 2 aromatic rings. The van der Waals surface area contributed by atoms with Crippen molar-refractivity contribution in [2.24, 2.45) is 0 Å². The van der Waals surface area contributed by atoms with Crippen LogP contribution in [0, 0.1) is 0 Å². The molecule has 4 nitrogen and oxygen atoms in total. The molecule has 0 heterocycles. The number of halogens is 2. The Morgan fingerprint density at radius 3 is 2.42 bits per heavy atom. The first-order valence-electron chi connectivity index (χ1n) is 7.08. The van der Waals surface area contributed by atoms with Crippen LogP contribution in [-0.2, 0) is 15.8 Å². The Morgan fingerprint density at radius 2 is 1.79 bits per heavy atom. The van der Waals surface area contributed by atoms with Crippen molar-refractivity contribution in [1.82, 2.24) is 4.72 Å². The lowest BCUT2D eigenvalue weighted by molar-refractivity contribution is 0.414. The van der Waals surface area contributed by atoms with Crippen LogP contribution in [0.5, 0.6) is 5.75 Å². The third-order valence-electron chi connectivity index (χ3n) is 3.16. The van der Waals surface area contributed by atoms with Crippen molar-refractivity contribution in [2.75, 3.05) is 19.4 Å². The number of hydrogen-bond acceptors (Lipinski definition) is 4. The molecule has 0 atom stereocenters. The summed E-state index contributed by atoms with van der Waals surface area (Å²) in [6, 6.07) is 11.8. The van der Waals surface area contributed by atoms with E-state index in [1.165, 1.54) is 19.2 Å². The molecule has 0 bridgehead atoms. The lowest BCUT2D eigenvalue weighted by Gasteiger charge is -2.08. The van der Waals surface area contributed by atoms with E-state index in [2.05, 4.69) is 4.72 Å². The van der Waals surface area contributed by atoms with Gasteiger partial charge in [-0.05, 0) is 42.0 Å². The van der Waals surface area contributed by atoms with E-state index in [9.17, 15) is 8.42 Å². The van der Waals surface area contributed by atoms with E-state index in [4.69, 9.17) is 27.9 Å². The maximum absolute atomic E-state index is 12.2. The molecule has 0 spiro atoms. The van der Waals surface area contributed by atoms with E-state index >= 15 is 0 Å². The van der Waals surface area contributed by atoms with Gasteiger partial charge < -0.3 is 4.74 Å². The summed E-state index contributed by atoms with van der Waals surface area (Å²) in [7, 11) is -1.97. The summed E-state index contributed by atoms with van der Waals surface area (Å²) in [5, 5.41) is 1.05. The van der Waals surface area contributed by atoms with Crippen LogP contribution in [0.1, 0.15) is 5.56 Å². The topological polar surface area (TPSA) is 55.4 Å². The zero-order valence-corrected chi connectivity index (χ0v) is 16.1. The monoisotopic (exact) mass is 405 g/mol. The van der Waals surface area contributed by atoms with Gasteiger partial charge in [-0.25, -0.2) is 13.1 Å². The standard InChI is InChI=1S/C16H17Cl2NO3S2/c1-22-13-3-5-14(6-4-13)24(20,21)19-8-9-23-11-12-2-7-15(17)16(18)10-12/h2-7,10,19H,8-9,11H2,1H3. The zero-order valence-electron chi connectivity index (χ0n) is 13.0. The van der Waals surface area contributed by atoms with Gasteiger partial charge in [0.1, 0.15) is 5.75 Å². The van der Waals surface area contributed by atoms with E-state index in [0.29, 0.717) is 28.1 Å². The van der Waals surface area contributed by atoms with Crippen LogP contribution in [0.2, 0.25) is 10.0 Å². The number of nitrogens with one attached hydrogen (secondary N) is 1. The highest BCUT2D eigenvalue weighted by Crippen LogP contribution is 2.24. The second-order valence-corrected chi connectivity index (χ2v) is 8.56. The maximum atomic E-state index is 12.2. The van der Waals surface area contributed by atoms with Gasteiger partial charge in [0.25, 0.3) is 0 Å². The molecule has 8 heteroatoms. The summed E-state index contributed by atoms with van der Waals surface area (Å²) in [4.78, 5) is 0.220. The van der Waals surface area contributed by atoms with Crippen LogP contribution in [0.25, 0.3) is 0 Å². The maximum Gasteiger partial charge on any atom is 0.240 e. The normalized spacial score (nSPS) is 11.5. The largest absolute Gasteiger partial charge is 0.497 e. The molecular formula is C16H17Cl2NO3S2. The van der Waals surface area contributed by atoms with E-state index in [1.807, 2.05) is 12.1 Å². The van der Waals surface area contributed by atoms with Crippen molar-refractivity contribution >= 4 is 45.0 Å². The van der Waals surface area contributed by atoms with Crippen molar-refractivity contribution in [1.29, 1.82) is 0 Å². The van der Waals surface area contributed by atoms with Gasteiger partial charge in [-0.3, -0.25) is 0 Å². The van der Waals surface area contributed by atoms with Gasteiger partial charge in [-0.2, -0.15) is 11.8 Å². The van der Waals surface area contributed by atoms with Crippen LogP contribution in [-0.4, -0.2) is 27.8 Å². The summed E-state index contributed by atoms with van der Waals surface area (Å²) >= 11 is 13.4. The summed E-state index contributed by atoms with van der Waals surface area (Å²) in [5.74, 6) is 2.00. The first-order chi connectivity index (χ1) is 11.4. The van der Waals surface area contributed by atoms with Gasteiger partial charge in [0, 0.05) is 18.1 Å². The van der Waals surface area contributed by atoms with Crippen LogP contribution < -0.4 is 9.46 Å². The minimum atomic E-state index is -3.50. The molecule has 0 saturated heterocycles. The third-order valence-corrected chi connectivity index (χ3v) is 6.41. The van der Waals surface area contributed by atoms with Crippen molar-refractivity contribution in [2.45, 2.75) is 10.6 Å². The Balaban J connectivity index is 1.79. The van der Waals surface area contributed by atoms with Gasteiger partial charge in [-0.1, -0.05) is 29.3 Å². The Bertz CT molecular complexity index is 780. The van der Waals surface area contributed by atoms with E-state index in [-0.39, 0.29) is 4.90 Å². The number of benzene rings is 2. The van der Waals surface area contributed by atoms with E-state index in [1.54, 1.807) is 30.0 Å². The number of thioether (sulfide) groups is 1. The molecule has 24 heavy (non-hydrogen) atoms. The molecule has 2 rings (SSSR count). The smallest absolute Gasteiger partial charge is 0.240 e. The van der Waals surface area contributed by atoms with Crippen molar-refractivity contribution in [3.63, 3.8) is 0 Å². The van der Waals surface area contributed by atoms with Crippen LogP contribution in [0.3, 0.4) is 0 Å². The summed E-state index contributed by atoms with van der Waals surface area (Å²) in [6.07, 6.45) is 0. The molecule has 0 saturated carbocycles. The molecule has 0 aromatic heterocycles. The first kappa shape index (κ1) is 19.4. The van der Waals surface area contributed by atoms with Gasteiger partial charge in [0.05, 0.1) is 22.1 Å². The fourth-order valence-electron chi connectivity index (χ4n) is 1.91. The SMILES string of the molecule is COc1ccc(S(=O)(=O)NCCSCc2ccc(Cl)c(Cl)c2)cc1. The first-order valence-corrected chi connectivity index (χ1v) is 10.5. The van der Waals surface area contributed by atoms with Gasteiger partial charge in [0.2, 0.25) is 10.0 Å². The van der Waals surface area contributed by atoms with Crippen LogP contribution in [0.4, 0.5) is 0 Å². The van der Waals surface area contributed by atoms with Crippen molar-refractivity contribution in [3.8, 4) is 5.75 Å². The molecule has 0 aliphatic heterocycles. The summed E-state index contributed by atoms with van der Waals surface area (Å²) in [5.41, 5.74) is 1.05. The molecule has 0 unspecified atom stereocenters. The fraction of sp³-hybridized carbons (Fsp3) is 0.250. The quantitative estimate of drug-likeness (QED) is 0.668. The molecule has 1 N–H and O–H groups in total. The highest BCUT2D eigenvalue weighted by molar-refractivity contribution is 7.98. The molecule has 0 fully saturated rings. The fourth-order valence-corrected chi connectivity index (χ4v) is 4.19. The molecule has 0 amide bonds. The molecule has 0 aliphatic rings. The van der Waals surface area contributed by atoms with E-state index < -0.39 is 10.0 Å².